The van der Waals surface area contributed by atoms with Gasteiger partial charge in [-0.3, -0.25) is 9.20 Å². The Morgan fingerprint density at radius 2 is 1.82 bits per heavy atom. The van der Waals surface area contributed by atoms with Crippen molar-refractivity contribution in [3.63, 3.8) is 0 Å². The first-order chi connectivity index (χ1) is 10.6. The standard InChI is InChI=1S/C16H11FN4O/c1-10-7-20-8-11(2-4-14(20)18-10)13-6-16(22)21-9-12(17)3-5-15(21)19-13/h2-9H,1H3. The van der Waals surface area contributed by atoms with Gasteiger partial charge in [-0.05, 0) is 31.2 Å². The topological polar surface area (TPSA) is 51.7 Å². The van der Waals surface area contributed by atoms with Gasteiger partial charge in [0.15, 0.2) is 0 Å². The Morgan fingerprint density at radius 1 is 1.00 bits per heavy atom. The fourth-order valence-electron chi connectivity index (χ4n) is 2.49. The summed E-state index contributed by atoms with van der Waals surface area (Å²) >= 11 is 0. The lowest BCUT2D eigenvalue weighted by Crippen LogP contribution is -2.14. The van der Waals surface area contributed by atoms with Gasteiger partial charge in [-0.25, -0.2) is 14.4 Å². The van der Waals surface area contributed by atoms with Gasteiger partial charge in [0.2, 0.25) is 0 Å². The summed E-state index contributed by atoms with van der Waals surface area (Å²) in [6, 6.07) is 7.91. The number of hydrogen-bond donors (Lipinski definition) is 0. The number of aryl methyl sites for hydroxylation is 1. The zero-order valence-corrected chi connectivity index (χ0v) is 11.7. The lowest BCUT2D eigenvalue weighted by Gasteiger charge is -2.05. The normalized spacial score (nSPS) is 11.4. The molecular weight excluding hydrogens is 283 g/mol. The van der Waals surface area contributed by atoms with Gasteiger partial charge in [0.05, 0.1) is 11.4 Å². The highest BCUT2D eigenvalue weighted by molar-refractivity contribution is 5.63. The lowest BCUT2D eigenvalue weighted by molar-refractivity contribution is 0.617. The van der Waals surface area contributed by atoms with Gasteiger partial charge in [-0.1, -0.05) is 0 Å². The molecule has 0 saturated carbocycles. The highest BCUT2D eigenvalue weighted by atomic mass is 19.1. The molecule has 0 unspecified atom stereocenters. The first kappa shape index (κ1) is 12.7. The molecule has 0 N–H and O–H groups in total. The van der Waals surface area contributed by atoms with Gasteiger partial charge >= 0.3 is 0 Å². The van der Waals surface area contributed by atoms with E-state index >= 15 is 0 Å². The fourth-order valence-corrected chi connectivity index (χ4v) is 2.49. The molecule has 4 heterocycles. The predicted octanol–water partition coefficient (Wildman–Crippen LogP) is 2.46. The molecular formula is C16H11FN4O. The Bertz CT molecular complexity index is 1080. The Hall–Kier alpha value is -3.02. The maximum Gasteiger partial charge on any atom is 0.258 e. The van der Waals surface area contributed by atoms with Crippen LogP contribution in [0.5, 0.6) is 0 Å². The molecule has 6 heteroatoms. The molecule has 5 nitrogen and oxygen atoms in total. The molecule has 0 aliphatic carbocycles. The maximum absolute atomic E-state index is 13.2. The van der Waals surface area contributed by atoms with Crippen molar-refractivity contribution < 1.29 is 4.39 Å². The third kappa shape index (κ3) is 1.96. The molecule has 0 spiro atoms. The lowest BCUT2D eigenvalue weighted by atomic mass is 10.2. The molecule has 0 aromatic carbocycles. The van der Waals surface area contributed by atoms with Crippen LogP contribution < -0.4 is 5.56 Å². The highest BCUT2D eigenvalue weighted by Crippen LogP contribution is 2.18. The van der Waals surface area contributed by atoms with Crippen molar-refractivity contribution in [1.82, 2.24) is 18.8 Å². The molecule has 0 radical (unpaired) electrons. The summed E-state index contributed by atoms with van der Waals surface area (Å²) in [6.45, 7) is 1.92. The summed E-state index contributed by atoms with van der Waals surface area (Å²) in [7, 11) is 0. The van der Waals surface area contributed by atoms with Gasteiger partial charge < -0.3 is 4.40 Å². The predicted molar refractivity (Wildman–Crippen MR) is 80.3 cm³/mol. The molecule has 0 amide bonds. The van der Waals surface area contributed by atoms with E-state index in [9.17, 15) is 9.18 Å². The van der Waals surface area contributed by atoms with Crippen molar-refractivity contribution in [2.75, 3.05) is 0 Å². The van der Waals surface area contributed by atoms with E-state index in [1.807, 2.05) is 35.9 Å². The first-order valence-electron chi connectivity index (χ1n) is 6.75. The second-order valence-corrected chi connectivity index (χ2v) is 5.12. The van der Waals surface area contributed by atoms with E-state index in [1.54, 1.807) is 0 Å². The molecule has 0 saturated heterocycles. The van der Waals surface area contributed by atoms with Gasteiger partial charge in [-0.2, -0.15) is 0 Å². The van der Waals surface area contributed by atoms with Gasteiger partial charge in [0.1, 0.15) is 17.1 Å². The maximum atomic E-state index is 13.2. The van der Waals surface area contributed by atoms with E-state index in [2.05, 4.69) is 9.97 Å². The van der Waals surface area contributed by atoms with Crippen LogP contribution in [0.1, 0.15) is 5.69 Å². The number of aromatic nitrogens is 4. The molecule has 0 fully saturated rings. The van der Waals surface area contributed by atoms with E-state index in [0.717, 1.165) is 23.1 Å². The minimum Gasteiger partial charge on any atom is -0.306 e. The zero-order valence-electron chi connectivity index (χ0n) is 11.7. The summed E-state index contributed by atoms with van der Waals surface area (Å²) in [5, 5.41) is 0. The summed E-state index contributed by atoms with van der Waals surface area (Å²) < 4.78 is 16.3. The average Bonchev–Trinajstić information content (AvgIpc) is 2.87. The molecule has 0 aliphatic rings. The third-order valence-corrected chi connectivity index (χ3v) is 3.49. The minimum absolute atomic E-state index is 0.318. The minimum atomic E-state index is -0.473. The average molecular weight is 294 g/mol. The molecule has 0 aliphatic heterocycles. The second-order valence-electron chi connectivity index (χ2n) is 5.12. The van der Waals surface area contributed by atoms with Crippen molar-refractivity contribution >= 4 is 11.3 Å². The summed E-state index contributed by atoms with van der Waals surface area (Å²) in [4.78, 5) is 20.9. The van der Waals surface area contributed by atoms with Crippen LogP contribution in [0, 0.1) is 12.7 Å². The van der Waals surface area contributed by atoms with Crippen LogP contribution in [0.3, 0.4) is 0 Å². The number of pyridine rings is 2. The second kappa shape index (κ2) is 4.49. The van der Waals surface area contributed by atoms with Crippen molar-refractivity contribution in [3.8, 4) is 11.3 Å². The van der Waals surface area contributed by atoms with Gasteiger partial charge in [-0.15, -0.1) is 0 Å². The number of nitrogens with zero attached hydrogens (tertiary/aromatic N) is 4. The molecule has 108 valence electrons. The molecule has 4 aromatic heterocycles. The quantitative estimate of drug-likeness (QED) is 0.542. The largest absolute Gasteiger partial charge is 0.306 e. The first-order valence-corrected chi connectivity index (χ1v) is 6.75. The van der Waals surface area contributed by atoms with E-state index in [4.69, 9.17) is 0 Å². The Balaban J connectivity index is 1.95. The number of imidazole rings is 1. The van der Waals surface area contributed by atoms with Crippen LogP contribution in [0.25, 0.3) is 22.6 Å². The highest BCUT2D eigenvalue weighted by Gasteiger charge is 2.07. The van der Waals surface area contributed by atoms with E-state index < -0.39 is 5.82 Å². The van der Waals surface area contributed by atoms with Crippen molar-refractivity contribution in [3.05, 3.63) is 70.8 Å². The molecule has 22 heavy (non-hydrogen) atoms. The molecule has 4 aromatic rings. The Morgan fingerprint density at radius 3 is 2.68 bits per heavy atom. The third-order valence-electron chi connectivity index (χ3n) is 3.49. The summed E-state index contributed by atoms with van der Waals surface area (Å²) in [5.41, 5.74) is 3.19. The zero-order chi connectivity index (χ0) is 15.3. The van der Waals surface area contributed by atoms with E-state index in [-0.39, 0.29) is 5.56 Å². The van der Waals surface area contributed by atoms with Crippen LogP contribution in [0.4, 0.5) is 4.39 Å². The summed E-state index contributed by atoms with van der Waals surface area (Å²) in [5.74, 6) is -0.473. The van der Waals surface area contributed by atoms with E-state index in [1.165, 1.54) is 22.6 Å². The fraction of sp³-hybridized carbons (Fsp3) is 0.0625. The Labute approximate surface area is 124 Å². The van der Waals surface area contributed by atoms with Gasteiger partial charge in [0.25, 0.3) is 5.56 Å². The smallest absolute Gasteiger partial charge is 0.258 e. The molecule has 0 atom stereocenters. The van der Waals surface area contributed by atoms with Crippen molar-refractivity contribution in [1.29, 1.82) is 0 Å². The van der Waals surface area contributed by atoms with Crippen LogP contribution in [0.15, 0.2) is 53.7 Å². The van der Waals surface area contributed by atoms with Crippen molar-refractivity contribution in [2.45, 2.75) is 6.92 Å². The summed E-state index contributed by atoms with van der Waals surface area (Å²) in [6.07, 6.45) is 4.91. The number of halogens is 1. The van der Waals surface area contributed by atoms with Crippen molar-refractivity contribution in [2.24, 2.45) is 0 Å². The monoisotopic (exact) mass is 294 g/mol. The van der Waals surface area contributed by atoms with Crippen LogP contribution in [0.2, 0.25) is 0 Å². The van der Waals surface area contributed by atoms with E-state index in [0.29, 0.717) is 11.3 Å². The molecule has 0 bridgehead atoms. The van der Waals surface area contributed by atoms with Crippen LogP contribution in [-0.4, -0.2) is 18.8 Å². The van der Waals surface area contributed by atoms with Gasteiger partial charge in [0, 0.05) is 30.2 Å². The Kier molecular flexibility index (Phi) is 2.59. The molecule has 4 rings (SSSR count). The number of hydrogen-bond acceptors (Lipinski definition) is 3. The SMILES string of the molecule is Cc1cn2cc(-c3cc(=O)n4cc(F)ccc4n3)ccc2n1. The number of rotatable bonds is 1. The number of fused-ring (bicyclic) bond motifs is 2. The van der Waals surface area contributed by atoms with Crippen LogP contribution in [-0.2, 0) is 0 Å². The van der Waals surface area contributed by atoms with Crippen LogP contribution >= 0.6 is 0 Å².